The molecule has 6 rings (SSSR count). The van der Waals surface area contributed by atoms with Crippen molar-refractivity contribution in [3.63, 3.8) is 0 Å². The van der Waals surface area contributed by atoms with E-state index in [2.05, 4.69) is 37.7 Å². The number of benzene rings is 1. The van der Waals surface area contributed by atoms with Gasteiger partial charge in [0.1, 0.15) is 22.9 Å². The molecule has 11 heteroatoms. The van der Waals surface area contributed by atoms with Crippen molar-refractivity contribution >= 4 is 49.8 Å². The fraction of sp³-hybridized carbons (Fsp3) is 0.407. The van der Waals surface area contributed by atoms with Crippen molar-refractivity contribution in [1.29, 1.82) is 0 Å². The van der Waals surface area contributed by atoms with E-state index in [-0.39, 0.29) is 23.5 Å². The number of nitrogens with two attached hydrogens (primary N) is 1. The number of ether oxygens (including phenoxy) is 1. The average molecular weight is 580 g/mol. The van der Waals surface area contributed by atoms with E-state index >= 15 is 4.39 Å². The van der Waals surface area contributed by atoms with Crippen LogP contribution in [0.5, 0.6) is 0 Å². The Kier molecular flexibility index (Phi) is 5.83. The maximum absolute atomic E-state index is 15.0. The van der Waals surface area contributed by atoms with E-state index in [0.717, 1.165) is 23.9 Å². The van der Waals surface area contributed by atoms with E-state index in [1.807, 2.05) is 30.0 Å². The SMILES string of the molecule is CC(C)(C)OC(=O)N1CC[C@H](n2nc(C#Cc3cc4ncn(C5CC5)c4cc3F)c3c(N)ncc(Br)c32)C1. The summed E-state index contributed by atoms with van der Waals surface area (Å²) in [4.78, 5) is 23.0. The first-order valence-corrected chi connectivity index (χ1v) is 13.4. The summed E-state index contributed by atoms with van der Waals surface area (Å²) in [5.41, 5.74) is 8.54. The monoisotopic (exact) mass is 579 g/mol. The highest BCUT2D eigenvalue weighted by Gasteiger charge is 2.33. The summed E-state index contributed by atoms with van der Waals surface area (Å²) in [5.74, 6) is 5.83. The van der Waals surface area contributed by atoms with Crippen LogP contribution in [0, 0.1) is 17.7 Å². The molecule has 0 spiro atoms. The Bertz CT molecular complexity index is 1660. The van der Waals surface area contributed by atoms with E-state index in [0.29, 0.717) is 46.6 Å². The lowest BCUT2D eigenvalue weighted by Crippen LogP contribution is -2.35. The topological polar surface area (TPSA) is 104 Å². The summed E-state index contributed by atoms with van der Waals surface area (Å²) >= 11 is 3.58. The highest BCUT2D eigenvalue weighted by atomic mass is 79.9. The number of hydrogen-bond acceptors (Lipinski definition) is 6. The second kappa shape index (κ2) is 8.98. The lowest BCUT2D eigenvalue weighted by molar-refractivity contribution is 0.0288. The van der Waals surface area contributed by atoms with Gasteiger partial charge in [-0.3, -0.25) is 4.68 Å². The van der Waals surface area contributed by atoms with E-state index in [1.54, 1.807) is 23.5 Å². The number of likely N-dealkylation sites (tertiary alicyclic amines) is 1. The Hall–Kier alpha value is -3.65. The molecular formula is C27H27BrFN7O2. The van der Waals surface area contributed by atoms with Gasteiger partial charge in [0.05, 0.1) is 44.3 Å². The molecule has 0 unspecified atom stereocenters. The Balaban J connectivity index is 1.36. The summed E-state index contributed by atoms with van der Waals surface area (Å²) in [6.07, 6.45) is 5.90. The zero-order valence-electron chi connectivity index (χ0n) is 21.3. The Labute approximate surface area is 227 Å². The van der Waals surface area contributed by atoms with Gasteiger partial charge >= 0.3 is 6.09 Å². The number of carbonyl (C=O) groups excluding carboxylic acids is 1. The lowest BCUT2D eigenvalue weighted by atomic mass is 10.1. The fourth-order valence-electron chi connectivity index (χ4n) is 4.86. The molecule has 1 aliphatic carbocycles. The predicted octanol–water partition coefficient (Wildman–Crippen LogP) is 5.18. The number of hydrogen-bond donors (Lipinski definition) is 1. The molecule has 1 saturated carbocycles. The van der Waals surface area contributed by atoms with Crippen molar-refractivity contribution < 1.29 is 13.9 Å². The van der Waals surface area contributed by atoms with Crippen LogP contribution >= 0.6 is 15.9 Å². The van der Waals surface area contributed by atoms with Crippen LogP contribution in [0.4, 0.5) is 15.0 Å². The fourth-order valence-corrected chi connectivity index (χ4v) is 5.34. The number of pyridine rings is 1. The van der Waals surface area contributed by atoms with Crippen LogP contribution in [0.1, 0.15) is 63.4 Å². The minimum atomic E-state index is -0.576. The van der Waals surface area contributed by atoms with Crippen molar-refractivity contribution in [3.05, 3.63) is 46.2 Å². The lowest BCUT2D eigenvalue weighted by Gasteiger charge is -2.24. The van der Waals surface area contributed by atoms with Gasteiger partial charge in [-0.1, -0.05) is 5.92 Å². The number of aromatic nitrogens is 5. The van der Waals surface area contributed by atoms with Crippen molar-refractivity contribution in [2.75, 3.05) is 18.8 Å². The van der Waals surface area contributed by atoms with Crippen molar-refractivity contribution in [1.82, 2.24) is 29.2 Å². The largest absolute Gasteiger partial charge is 0.444 e. The van der Waals surface area contributed by atoms with Gasteiger partial charge in [0, 0.05) is 31.4 Å². The molecular weight excluding hydrogens is 553 g/mol. The van der Waals surface area contributed by atoms with Crippen LogP contribution in [0.15, 0.2) is 29.1 Å². The average Bonchev–Trinajstić information content (AvgIpc) is 3.26. The van der Waals surface area contributed by atoms with Crippen LogP contribution in [0.2, 0.25) is 0 Å². The zero-order chi connectivity index (χ0) is 26.8. The normalized spacial score (nSPS) is 17.7. The summed E-state index contributed by atoms with van der Waals surface area (Å²) in [7, 11) is 0. The van der Waals surface area contributed by atoms with Crippen LogP contribution in [-0.4, -0.2) is 54.0 Å². The maximum atomic E-state index is 15.0. The summed E-state index contributed by atoms with van der Waals surface area (Å²) in [6, 6.07) is 3.46. The molecule has 1 saturated heterocycles. The van der Waals surface area contributed by atoms with E-state index in [4.69, 9.17) is 15.6 Å². The van der Waals surface area contributed by atoms with Crippen LogP contribution in [0.3, 0.4) is 0 Å². The minimum absolute atomic E-state index is 0.113. The molecule has 0 radical (unpaired) electrons. The second-order valence-electron chi connectivity index (χ2n) is 10.8. The quantitative estimate of drug-likeness (QED) is 0.328. The number of nitrogens with zero attached hydrogens (tertiary/aromatic N) is 6. The number of anilines is 1. The number of imidazole rings is 1. The third kappa shape index (κ3) is 4.47. The van der Waals surface area contributed by atoms with Gasteiger partial charge in [0.2, 0.25) is 0 Å². The number of nitrogen functional groups attached to an aromatic ring is 1. The molecule has 0 bridgehead atoms. The van der Waals surface area contributed by atoms with Gasteiger partial charge in [-0.05, 0) is 68.0 Å². The molecule has 2 fully saturated rings. The van der Waals surface area contributed by atoms with E-state index in [1.165, 1.54) is 6.07 Å². The molecule has 1 amide bonds. The van der Waals surface area contributed by atoms with Crippen LogP contribution in [0.25, 0.3) is 21.9 Å². The number of amides is 1. The molecule has 1 atom stereocenters. The molecule has 2 N–H and O–H groups in total. The molecule has 1 aromatic carbocycles. The first kappa shape index (κ1) is 24.7. The number of rotatable bonds is 2. The highest BCUT2D eigenvalue weighted by molar-refractivity contribution is 9.10. The third-order valence-corrected chi connectivity index (χ3v) is 7.37. The molecule has 2 aliphatic rings. The second-order valence-corrected chi connectivity index (χ2v) is 11.7. The van der Waals surface area contributed by atoms with Crippen LogP contribution < -0.4 is 5.73 Å². The standard InChI is InChI=1S/C27H27BrFN7O2/c1-27(2,3)38-26(37)34-9-8-17(13-34)36-24-18(28)12-31-25(30)23(24)20(33-36)7-4-15-10-21-22(11-19(15)29)35(14-32-21)16-5-6-16/h10-12,14,16-17H,5-6,8-9,13H2,1-3H3,(H2,30,31)/t17-/m0/s1. The number of fused-ring (bicyclic) bond motifs is 2. The molecule has 4 aromatic rings. The molecule has 3 aromatic heterocycles. The van der Waals surface area contributed by atoms with Gasteiger partial charge in [-0.25, -0.2) is 19.2 Å². The summed E-state index contributed by atoms with van der Waals surface area (Å²) in [6.45, 7) is 6.50. The van der Waals surface area contributed by atoms with Crippen LogP contribution in [-0.2, 0) is 4.74 Å². The molecule has 1 aliphatic heterocycles. The van der Waals surface area contributed by atoms with Crippen molar-refractivity contribution in [2.24, 2.45) is 0 Å². The summed E-state index contributed by atoms with van der Waals surface area (Å²) in [5, 5.41) is 5.36. The number of halogens is 2. The zero-order valence-corrected chi connectivity index (χ0v) is 22.9. The molecule has 38 heavy (non-hydrogen) atoms. The minimum Gasteiger partial charge on any atom is -0.444 e. The Morgan fingerprint density at radius 2 is 1.97 bits per heavy atom. The Morgan fingerprint density at radius 1 is 1.18 bits per heavy atom. The number of carbonyl (C=O) groups is 1. The maximum Gasteiger partial charge on any atom is 0.410 e. The van der Waals surface area contributed by atoms with Crippen molar-refractivity contribution in [3.8, 4) is 11.8 Å². The van der Waals surface area contributed by atoms with Gasteiger partial charge in [-0.2, -0.15) is 5.10 Å². The molecule has 9 nitrogen and oxygen atoms in total. The first-order valence-electron chi connectivity index (χ1n) is 12.6. The smallest absolute Gasteiger partial charge is 0.410 e. The molecule has 196 valence electrons. The van der Waals surface area contributed by atoms with Crippen molar-refractivity contribution in [2.45, 2.75) is 57.7 Å². The molecule has 4 heterocycles. The van der Waals surface area contributed by atoms with E-state index < -0.39 is 11.4 Å². The summed E-state index contributed by atoms with van der Waals surface area (Å²) < 4.78 is 25.2. The highest BCUT2D eigenvalue weighted by Crippen LogP contribution is 2.38. The van der Waals surface area contributed by atoms with Gasteiger partial charge in [0.15, 0.2) is 0 Å². The predicted molar refractivity (Wildman–Crippen MR) is 145 cm³/mol. The van der Waals surface area contributed by atoms with Gasteiger partial charge in [0.25, 0.3) is 0 Å². The van der Waals surface area contributed by atoms with Gasteiger partial charge < -0.3 is 19.9 Å². The van der Waals surface area contributed by atoms with Gasteiger partial charge in [-0.15, -0.1) is 0 Å². The third-order valence-electron chi connectivity index (χ3n) is 6.79. The Morgan fingerprint density at radius 3 is 2.71 bits per heavy atom. The first-order chi connectivity index (χ1) is 18.1. The van der Waals surface area contributed by atoms with E-state index in [9.17, 15) is 4.79 Å².